The zero-order valence-corrected chi connectivity index (χ0v) is 23.8. The Kier molecular flexibility index (Phi) is 6.83. The monoisotopic (exact) mass is 562 g/mol. The van der Waals surface area contributed by atoms with Gasteiger partial charge in [-0.05, 0) is 71.8 Å². The summed E-state index contributed by atoms with van der Waals surface area (Å²) in [6.45, 7) is 6.31. The van der Waals surface area contributed by atoms with Crippen molar-refractivity contribution in [2.45, 2.75) is 32.4 Å². The van der Waals surface area contributed by atoms with Crippen LogP contribution in [-0.2, 0) is 18.5 Å². The lowest BCUT2D eigenvalue weighted by molar-refractivity contribution is 0.288. The van der Waals surface area contributed by atoms with Gasteiger partial charge in [0.25, 0.3) is 0 Å². The molecule has 6 rings (SSSR count). The van der Waals surface area contributed by atoms with Gasteiger partial charge < -0.3 is 19.3 Å². The summed E-state index contributed by atoms with van der Waals surface area (Å²) in [6.07, 6.45) is 0. The topological polar surface area (TPSA) is 120 Å². The average molecular weight is 563 g/mol. The second-order valence-corrected chi connectivity index (χ2v) is 11.1. The molecule has 0 spiro atoms. The van der Waals surface area contributed by atoms with Crippen LogP contribution in [0.1, 0.15) is 58.4 Å². The van der Waals surface area contributed by atoms with Crippen molar-refractivity contribution >= 4 is 11.4 Å². The number of benzene rings is 4. The molecule has 2 aliphatic rings. The number of ether oxygens (including phenoxy) is 2. The van der Waals surface area contributed by atoms with E-state index in [-0.39, 0.29) is 5.41 Å². The molecule has 0 bridgehead atoms. The number of nitriles is 4. The predicted octanol–water partition coefficient (Wildman–Crippen LogP) is 6.21. The Morgan fingerprint density at radius 2 is 0.977 bits per heavy atom. The summed E-state index contributed by atoms with van der Waals surface area (Å²) in [5.74, 6) is 1.66. The molecule has 0 saturated carbocycles. The maximum absolute atomic E-state index is 9.47. The normalized spacial score (nSPS) is 13.6. The third-order valence-corrected chi connectivity index (χ3v) is 8.26. The lowest BCUT2D eigenvalue weighted by Gasteiger charge is -2.34. The molecule has 0 unspecified atom stereocenters. The number of hydrogen-bond acceptors (Lipinski definition) is 8. The molecule has 0 aliphatic carbocycles. The maximum Gasteiger partial charge on any atom is 0.161 e. The van der Waals surface area contributed by atoms with Crippen molar-refractivity contribution in [1.29, 1.82) is 21.0 Å². The van der Waals surface area contributed by atoms with Gasteiger partial charge in [0.1, 0.15) is 35.8 Å². The van der Waals surface area contributed by atoms with Crippen molar-refractivity contribution < 1.29 is 9.47 Å². The van der Waals surface area contributed by atoms with E-state index in [1.807, 2.05) is 34.1 Å². The van der Waals surface area contributed by atoms with Crippen LogP contribution >= 0.6 is 0 Å². The smallest absolute Gasteiger partial charge is 0.161 e. The van der Waals surface area contributed by atoms with Crippen LogP contribution in [0.15, 0.2) is 72.8 Å². The molecule has 0 atom stereocenters. The Morgan fingerprint density at radius 3 is 1.37 bits per heavy atom. The summed E-state index contributed by atoms with van der Waals surface area (Å²) >= 11 is 0. The fraction of sp³-hybridized carbons (Fsp3) is 0.200. The van der Waals surface area contributed by atoms with Crippen molar-refractivity contribution in [3.05, 3.63) is 117 Å². The van der Waals surface area contributed by atoms with Crippen LogP contribution in [0.25, 0.3) is 0 Å². The number of nitrogens with zero attached hydrogens (tertiary/aromatic N) is 6. The molecule has 43 heavy (non-hydrogen) atoms. The summed E-state index contributed by atoms with van der Waals surface area (Å²) in [4.78, 5) is 4.10. The third-order valence-electron chi connectivity index (χ3n) is 8.26. The van der Waals surface area contributed by atoms with Gasteiger partial charge in [-0.2, -0.15) is 21.0 Å². The fourth-order valence-electron chi connectivity index (χ4n) is 5.60. The van der Waals surface area contributed by atoms with E-state index in [1.165, 1.54) is 0 Å². The van der Waals surface area contributed by atoms with Gasteiger partial charge in [0.2, 0.25) is 0 Å². The molecule has 0 fully saturated rings. The second-order valence-electron chi connectivity index (χ2n) is 11.1. The molecule has 8 nitrogen and oxygen atoms in total. The Labute approximate surface area is 250 Å². The first-order chi connectivity index (χ1) is 20.8. The molecule has 4 aromatic carbocycles. The minimum Gasteiger partial charge on any atom is -0.473 e. The second kappa shape index (κ2) is 10.8. The van der Waals surface area contributed by atoms with Crippen molar-refractivity contribution in [2.24, 2.45) is 0 Å². The summed E-state index contributed by atoms with van der Waals surface area (Å²) < 4.78 is 12.1. The minimum atomic E-state index is -0.334. The molecule has 2 heterocycles. The summed E-state index contributed by atoms with van der Waals surface area (Å²) in [6, 6.07) is 31.5. The zero-order valence-electron chi connectivity index (χ0n) is 23.8. The van der Waals surface area contributed by atoms with Crippen LogP contribution in [0.4, 0.5) is 11.4 Å². The van der Waals surface area contributed by atoms with Crippen LogP contribution in [0, 0.1) is 45.3 Å². The first-order valence-corrected chi connectivity index (χ1v) is 13.8. The lowest BCUT2D eigenvalue weighted by atomic mass is 9.77. The van der Waals surface area contributed by atoms with E-state index in [2.05, 4.69) is 62.4 Å². The Bertz CT molecular complexity index is 1800. The van der Waals surface area contributed by atoms with Gasteiger partial charge in [-0.1, -0.05) is 26.0 Å². The highest BCUT2D eigenvalue weighted by atomic mass is 16.5. The van der Waals surface area contributed by atoms with E-state index in [4.69, 9.17) is 9.47 Å². The quantitative estimate of drug-likeness (QED) is 0.288. The summed E-state index contributed by atoms with van der Waals surface area (Å²) in [5.41, 5.74) is 7.08. The van der Waals surface area contributed by atoms with Gasteiger partial charge in [0.15, 0.2) is 13.5 Å². The molecule has 0 aromatic heterocycles. The van der Waals surface area contributed by atoms with Gasteiger partial charge in [0.05, 0.1) is 22.3 Å². The molecule has 4 aromatic rings. The van der Waals surface area contributed by atoms with E-state index in [0.717, 1.165) is 45.1 Å². The summed E-state index contributed by atoms with van der Waals surface area (Å²) in [5, 5.41) is 37.5. The van der Waals surface area contributed by atoms with Crippen molar-refractivity contribution in [3.8, 4) is 35.8 Å². The molecular weight excluding hydrogens is 536 g/mol. The van der Waals surface area contributed by atoms with Crippen LogP contribution in [0.5, 0.6) is 11.5 Å². The minimum absolute atomic E-state index is 0.334. The number of rotatable bonds is 4. The molecular formula is C35H26N6O2. The van der Waals surface area contributed by atoms with Crippen LogP contribution in [-0.4, -0.2) is 13.5 Å². The summed E-state index contributed by atoms with van der Waals surface area (Å²) in [7, 11) is 0. The van der Waals surface area contributed by atoms with Crippen molar-refractivity contribution in [2.75, 3.05) is 23.3 Å². The zero-order chi connectivity index (χ0) is 30.1. The highest BCUT2D eigenvalue weighted by molar-refractivity contribution is 5.61. The standard InChI is InChI=1S/C35H26N6O2/c1-35(2,29-5-9-33-27(11-29)19-40(21-42-33)31-7-3-23(15-36)25(13-31)17-38)30-6-10-34-28(12-30)20-41(22-43-34)32-8-4-24(16-37)26(14-32)18-39/h3-14H,19-22H2,1-2H3. The van der Waals surface area contributed by atoms with E-state index < -0.39 is 0 Å². The van der Waals surface area contributed by atoms with E-state index in [1.54, 1.807) is 24.3 Å². The maximum atomic E-state index is 9.47. The Morgan fingerprint density at radius 1 is 0.558 bits per heavy atom. The SMILES string of the molecule is CC(C)(c1ccc2c(c1)CN(c1ccc(C#N)c(C#N)c1)CO2)c1ccc2c(c1)CN(c1ccc(C#N)c(C#N)c1)CO2. The molecule has 2 aliphatic heterocycles. The number of anilines is 2. The molecule has 208 valence electrons. The molecule has 0 saturated heterocycles. The van der Waals surface area contributed by atoms with Crippen LogP contribution in [0.2, 0.25) is 0 Å². The highest BCUT2D eigenvalue weighted by Gasteiger charge is 2.28. The van der Waals surface area contributed by atoms with Crippen LogP contribution in [0.3, 0.4) is 0 Å². The van der Waals surface area contributed by atoms with E-state index in [0.29, 0.717) is 48.8 Å². The predicted molar refractivity (Wildman–Crippen MR) is 160 cm³/mol. The van der Waals surface area contributed by atoms with Crippen LogP contribution < -0.4 is 19.3 Å². The highest BCUT2D eigenvalue weighted by Crippen LogP contribution is 2.39. The largest absolute Gasteiger partial charge is 0.473 e. The van der Waals surface area contributed by atoms with Gasteiger partial charge in [0, 0.05) is 41.0 Å². The first kappa shape index (κ1) is 27.2. The van der Waals surface area contributed by atoms with Gasteiger partial charge >= 0.3 is 0 Å². The fourth-order valence-corrected chi connectivity index (χ4v) is 5.60. The average Bonchev–Trinajstić information content (AvgIpc) is 3.06. The third kappa shape index (κ3) is 4.93. The van der Waals surface area contributed by atoms with E-state index >= 15 is 0 Å². The van der Waals surface area contributed by atoms with Gasteiger partial charge in [-0.25, -0.2) is 0 Å². The van der Waals surface area contributed by atoms with E-state index in [9.17, 15) is 21.0 Å². The number of hydrogen-bond donors (Lipinski definition) is 0. The van der Waals surface area contributed by atoms with Gasteiger partial charge in [-0.3, -0.25) is 0 Å². The molecule has 0 N–H and O–H groups in total. The van der Waals surface area contributed by atoms with Gasteiger partial charge in [-0.15, -0.1) is 0 Å². The van der Waals surface area contributed by atoms with Crippen molar-refractivity contribution in [1.82, 2.24) is 0 Å². The Hall–Kier alpha value is -5.96. The lowest BCUT2D eigenvalue weighted by Crippen LogP contribution is -2.33. The molecule has 0 radical (unpaired) electrons. The first-order valence-electron chi connectivity index (χ1n) is 13.8. The Balaban J connectivity index is 1.26. The van der Waals surface area contributed by atoms with Crippen molar-refractivity contribution in [3.63, 3.8) is 0 Å². The molecule has 8 heteroatoms. The number of fused-ring (bicyclic) bond motifs is 2. The molecule has 0 amide bonds.